The van der Waals surface area contributed by atoms with Gasteiger partial charge in [-0.15, -0.1) is 0 Å². The number of amides is 5. The summed E-state index contributed by atoms with van der Waals surface area (Å²) in [6, 6.07) is 3.65. The minimum absolute atomic E-state index is 0.0539. The van der Waals surface area contributed by atoms with Crippen LogP contribution >= 0.6 is 0 Å². The molecule has 5 amide bonds. The van der Waals surface area contributed by atoms with Gasteiger partial charge in [-0.2, -0.15) is 0 Å². The third-order valence-electron chi connectivity index (χ3n) is 5.03. The molecule has 10 heteroatoms. The van der Waals surface area contributed by atoms with Gasteiger partial charge in [-0.1, -0.05) is 6.07 Å². The second kappa shape index (κ2) is 8.97. The Kier molecular flexibility index (Phi) is 6.52. The second-order valence-electron chi connectivity index (χ2n) is 8.73. The Balaban J connectivity index is 1.63. The van der Waals surface area contributed by atoms with Crippen LogP contribution in [0.2, 0.25) is 0 Å². The summed E-state index contributed by atoms with van der Waals surface area (Å²) in [5.41, 5.74) is -0.334. The maximum Gasteiger partial charge on any atom is 0.410 e. The molecule has 1 saturated heterocycles. The number of nitrogens with one attached hydrogen (secondary N) is 1. The van der Waals surface area contributed by atoms with E-state index in [1.165, 1.54) is 11.0 Å². The number of nitrogens with zero attached hydrogens (tertiary/aromatic N) is 2. The summed E-state index contributed by atoms with van der Waals surface area (Å²) in [7, 11) is 1.62. The quantitative estimate of drug-likeness (QED) is 0.523. The van der Waals surface area contributed by atoms with Gasteiger partial charge < -0.3 is 14.4 Å². The van der Waals surface area contributed by atoms with E-state index >= 15 is 0 Å². The highest BCUT2D eigenvalue weighted by atomic mass is 16.6. The number of ether oxygens (including phenoxy) is 2. The minimum atomic E-state index is -1.03. The molecule has 10 nitrogen and oxygen atoms in total. The molecule has 1 fully saturated rings. The number of hydrogen-bond acceptors (Lipinski definition) is 7. The molecule has 32 heavy (non-hydrogen) atoms. The molecule has 0 aromatic heterocycles. The summed E-state index contributed by atoms with van der Waals surface area (Å²) in [4.78, 5) is 63.8. The van der Waals surface area contributed by atoms with E-state index in [1.807, 2.05) is 0 Å². The zero-order valence-electron chi connectivity index (χ0n) is 18.6. The van der Waals surface area contributed by atoms with Crippen LogP contribution in [0, 0.1) is 0 Å². The van der Waals surface area contributed by atoms with Gasteiger partial charge in [-0.05, 0) is 45.7 Å². The first-order valence-electron chi connectivity index (χ1n) is 10.4. The molecule has 1 aromatic carbocycles. The van der Waals surface area contributed by atoms with Crippen molar-refractivity contribution in [1.29, 1.82) is 0 Å². The van der Waals surface area contributed by atoms with Crippen LogP contribution in [-0.4, -0.2) is 71.4 Å². The molecule has 1 N–H and O–H groups in total. The lowest BCUT2D eigenvalue weighted by molar-refractivity contribution is -0.136. The molecule has 1 aromatic rings. The summed E-state index contributed by atoms with van der Waals surface area (Å²) in [5, 5.41) is 2.17. The normalized spacial score (nSPS) is 18.4. The summed E-state index contributed by atoms with van der Waals surface area (Å²) in [6.07, 6.45) is 0.166. The topological polar surface area (TPSA) is 122 Å². The van der Waals surface area contributed by atoms with Crippen molar-refractivity contribution in [3.8, 4) is 5.75 Å². The standard InChI is InChI=1S/C22H27N3O7/c1-22(2,3)32-21(30)24(4)11-6-12-31-15-8-5-7-13-17(15)20(29)25(19(13)28)14-9-10-16(26)23-18(14)27/h5,7-8,14H,6,9-12H2,1-4H3,(H,23,26,27). The number of piperidine rings is 1. The smallest absolute Gasteiger partial charge is 0.410 e. The summed E-state index contributed by atoms with van der Waals surface area (Å²) in [6.45, 7) is 5.93. The van der Waals surface area contributed by atoms with Gasteiger partial charge in [0.2, 0.25) is 11.8 Å². The highest BCUT2D eigenvalue weighted by molar-refractivity contribution is 6.24. The lowest BCUT2D eigenvalue weighted by Crippen LogP contribution is -2.54. The van der Waals surface area contributed by atoms with Gasteiger partial charge in [0.1, 0.15) is 17.4 Å². The van der Waals surface area contributed by atoms with E-state index in [0.29, 0.717) is 13.0 Å². The van der Waals surface area contributed by atoms with Crippen molar-refractivity contribution in [2.24, 2.45) is 0 Å². The number of rotatable bonds is 6. The molecule has 1 unspecified atom stereocenters. The van der Waals surface area contributed by atoms with E-state index in [1.54, 1.807) is 40.0 Å². The SMILES string of the molecule is CN(CCCOc1cccc2c1C(=O)N(C1CCC(=O)NC1=O)C2=O)C(=O)OC(C)(C)C. The fraction of sp³-hybridized carbons (Fsp3) is 0.500. The van der Waals surface area contributed by atoms with E-state index < -0.39 is 41.4 Å². The van der Waals surface area contributed by atoms with Crippen LogP contribution in [0.25, 0.3) is 0 Å². The van der Waals surface area contributed by atoms with Crippen molar-refractivity contribution in [1.82, 2.24) is 15.1 Å². The first-order valence-corrected chi connectivity index (χ1v) is 10.4. The largest absolute Gasteiger partial charge is 0.493 e. The van der Waals surface area contributed by atoms with E-state index in [4.69, 9.17) is 9.47 Å². The van der Waals surface area contributed by atoms with Crippen LogP contribution in [-0.2, 0) is 14.3 Å². The number of fused-ring (bicyclic) bond motifs is 1. The van der Waals surface area contributed by atoms with E-state index in [-0.39, 0.29) is 36.3 Å². The van der Waals surface area contributed by atoms with Crippen molar-refractivity contribution in [2.45, 2.75) is 51.7 Å². The molecule has 0 aliphatic carbocycles. The Morgan fingerprint density at radius 2 is 1.91 bits per heavy atom. The maximum atomic E-state index is 13.0. The molecule has 172 valence electrons. The summed E-state index contributed by atoms with van der Waals surface area (Å²) < 4.78 is 11.0. The zero-order chi connectivity index (χ0) is 23.6. The fourth-order valence-electron chi connectivity index (χ4n) is 3.52. The van der Waals surface area contributed by atoms with E-state index in [0.717, 1.165) is 4.90 Å². The van der Waals surface area contributed by atoms with Crippen molar-refractivity contribution >= 4 is 29.7 Å². The number of carbonyl (C=O) groups excluding carboxylic acids is 5. The van der Waals surface area contributed by atoms with Crippen molar-refractivity contribution in [2.75, 3.05) is 20.2 Å². The van der Waals surface area contributed by atoms with Gasteiger partial charge in [-0.3, -0.25) is 29.4 Å². The first-order chi connectivity index (χ1) is 15.0. The number of hydrogen-bond donors (Lipinski definition) is 1. The van der Waals surface area contributed by atoms with Gasteiger partial charge in [0.05, 0.1) is 17.7 Å². The minimum Gasteiger partial charge on any atom is -0.493 e. The Bertz CT molecular complexity index is 967. The lowest BCUT2D eigenvalue weighted by Gasteiger charge is -2.27. The molecule has 0 bridgehead atoms. The molecule has 3 rings (SSSR count). The summed E-state index contributed by atoms with van der Waals surface area (Å²) >= 11 is 0. The van der Waals surface area contributed by atoms with Gasteiger partial charge in [-0.25, -0.2) is 4.79 Å². The molecule has 2 heterocycles. The average Bonchev–Trinajstić information content (AvgIpc) is 2.95. The van der Waals surface area contributed by atoms with Gasteiger partial charge >= 0.3 is 6.09 Å². The molecular formula is C22H27N3O7. The van der Waals surface area contributed by atoms with E-state index in [2.05, 4.69) is 5.32 Å². The van der Waals surface area contributed by atoms with Gasteiger partial charge in [0.25, 0.3) is 11.8 Å². The Hall–Kier alpha value is -3.43. The molecule has 0 saturated carbocycles. The van der Waals surface area contributed by atoms with Crippen molar-refractivity contribution in [3.63, 3.8) is 0 Å². The lowest BCUT2D eigenvalue weighted by atomic mass is 10.0. The average molecular weight is 445 g/mol. The van der Waals surface area contributed by atoms with Gasteiger partial charge in [0.15, 0.2) is 0 Å². The van der Waals surface area contributed by atoms with Crippen LogP contribution in [0.1, 0.15) is 60.7 Å². The number of carbonyl (C=O) groups is 5. The molecule has 2 aliphatic heterocycles. The van der Waals surface area contributed by atoms with Crippen molar-refractivity contribution in [3.05, 3.63) is 29.3 Å². The monoisotopic (exact) mass is 445 g/mol. The highest BCUT2D eigenvalue weighted by Crippen LogP contribution is 2.33. The van der Waals surface area contributed by atoms with Crippen LogP contribution in [0.5, 0.6) is 5.75 Å². The highest BCUT2D eigenvalue weighted by Gasteiger charge is 2.45. The Labute approximate surface area is 185 Å². The van der Waals surface area contributed by atoms with Crippen molar-refractivity contribution < 1.29 is 33.4 Å². The fourth-order valence-corrected chi connectivity index (χ4v) is 3.52. The second-order valence-corrected chi connectivity index (χ2v) is 8.73. The van der Waals surface area contributed by atoms with Crippen LogP contribution in [0.15, 0.2) is 18.2 Å². The number of imide groups is 2. The van der Waals surface area contributed by atoms with Crippen LogP contribution in [0.4, 0.5) is 4.79 Å². The Morgan fingerprint density at radius 1 is 1.19 bits per heavy atom. The van der Waals surface area contributed by atoms with Crippen LogP contribution in [0.3, 0.4) is 0 Å². The van der Waals surface area contributed by atoms with Crippen LogP contribution < -0.4 is 10.1 Å². The zero-order valence-corrected chi connectivity index (χ0v) is 18.6. The first kappa shape index (κ1) is 23.2. The predicted molar refractivity (Wildman–Crippen MR) is 112 cm³/mol. The van der Waals surface area contributed by atoms with Gasteiger partial charge in [0, 0.05) is 20.0 Å². The third kappa shape index (κ3) is 4.90. The Morgan fingerprint density at radius 3 is 2.56 bits per heavy atom. The molecule has 2 aliphatic rings. The third-order valence-corrected chi connectivity index (χ3v) is 5.03. The molecule has 0 spiro atoms. The molecular weight excluding hydrogens is 418 g/mol. The number of benzene rings is 1. The predicted octanol–water partition coefficient (Wildman–Crippen LogP) is 1.72. The summed E-state index contributed by atoms with van der Waals surface area (Å²) in [5.74, 6) is -2.07. The maximum absolute atomic E-state index is 13.0. The molecule has 1 atom stereocenters. The van der Waals surface area contributed by atoms with E-state index in [9.17, 15) is 24.0 Å². The molecule has 0 radical (unpaired) electrons.